The van der Waals surface area contributed by atoms with Gasteiger partial charge in [0.15, 0.2) is 0 Å². The molecular formula is C20H16F3N3O2. The lowest BCUT2D eigenvalue weighted by Crippen LogP contribution is -2.37. The SMILES string of the molecule is O=C(Cc1ccccc1)Nn1c(C2CC2)nc2c(C(F)(F)F)cccc2c1=O. The van der Waals surface area contributed by atoms with Gasteiger partial charge in [-0.25, -0.2) is 9.66 Å². The molecule has 1 amide bonds. The van der Waals surface area contributed by atoms with Crippen molar-refractivity contribution in [2.24, 2.45) is 0 Å². The van der Waals surface area contributed by atoms with Gasteiger partial charge in [-0.2, -0.15) is 13.2 Å². The van der Waals surface area contributed by atoms with Crippen LogP contribution >= 0.6 is 0 Å². The molecule has 1 heterocycles. The van der Waals surface area contributed by atoms with Crippen molar-refractivity contribution in [3.05, 3.63) is 75.8 Å². The number of amides is 1. The van der Waals surface area contributed by atoms with Gasteiger partial charge in [0.25, 0.3) is 5.56 Å². The first-order valence-electron chi connectivity index (χ1n) is 8.81. The Bertz CT molecular complexity index is 1100. The molecule has 1 aliphatic carbocycles. The van der Waals surface area contributed by atoms with Crippen LogP contribution in [0.2, 0.25) is 0 Å². The van der Waals surface area contributed by atoms with Crippen LogP contribution in [0.4, 0.5) is 13.2 Å². The number of halogens is 3. The predicted molar refractivity (Wildman–Crippen MR) is 97.5 cm³/mol. The second kappa shape index (κ2) is 6.78. The molecule has 1 aromatic heterocycles. The van der Waals surface area contributed by atoms with Gasteiger partial charge in [-0.3, -0.25) is 15.0 Å². The summed E-state index contributed by atoms with van der Waals surface area (Å²) in [5.41, 5.74) is 1.24. The van der Waals surface area contributed by atoms with Gasteiger partial charge in [0.2, 0.25) is 5.91 Å². The van der Waals surface area contributed by atoms with Gasteiger partial charge in [0.05, 0.1) is 22.9 Å². The lowest BCUT2D eigenvalue weighted by atomic mass is 10.1. The molecule has 0 saturated heterocycles. The number of hydrogen-bond acceptors (Lipinski definition) is 3. The highest BCUT2D eigenvalue weighted by atomic mass is 19.4. The molecule has 8 heteroatoms. The molecule has 28 heavy (non-hydrogen) atoms. The number of carbonyl (C=O) groups excluding carboxylic acids is 1. The molecule has 2 aromatic carbocycles. The van der Waals surface area contributed by atoms with Crippen LogP contribution in [-0.2, 0) is 17.4 Å². The zero-order valence-corrected chi connectivity index (χ0v) is 14.7. The number of hydrogen-bond donors (Lipinski definition) is 1. The number of rotatable bonds is 4. The summed E-state index contributed by atoms with van der Waals surface area (Å²) >= 11 is 0. The van der Waals surface area contributed by atoms with E-state index in [4.69, 9.17) is 0 Å². The van der Waals surface area contributed by atoms with Crippen LogP contribution in [0.5, 0.6) is 0 Å². The maximum Gasteiger partial charge on any atom is 0.418 e. The van der Waals surface area contributed by atoms with Gasteiger partial charge in [-0.15, -0.1) is 0 Å². The van der Waals surface area contributed by atoms with E-state index in [2.05, 4.69) is 10.4 Å². The van der Waals surface area contributed by atoms with Crippen molar-refractivity contribution in [1.82, 2.24) is 9.66 Å². The van der Waals surface area contributed by atoms with E-state index in [1.807, 2.05) is 6.07 Å². The van der Waals surface area contributed by atoms with Crippen molar-refractivity contribution in [3.8, 4) is 0 Å². The standard InChI is InChI=1S/C20H16F3N3O2/c21-20(22,23)15-8-4-7-14-17(15)24-18(13-9-10-13)26(19(14)28)25-16(27)11-12-5-2-1-3-6-12/h1-8,13H,9-11H2,(H,25,27). The van der Waals surface area contributed by atoms with Crippen molar-refractivity contribution in [2.45, 2.75) is 31.4 Å². The van der Waals surface area contributed by atoms with Crippen molar-refractivity contribution in [3.63, 3.8) is 0 Å². The molecule has 5 nitrogen and oxygen atoms in total. The first-order chi connectivity index (χ1) is 13.3. The molecule has 144 valence electrons. The Morgan fingerprint density at radius 1 is 1.11 bits per heavy atom. The molecule has 0 unspecified atom stereocenters. The third-order valence-electron chi connectivity index (χ3n) is 4.62. The van der Waals surface area contributed by atoms with E-state index in [0.29, 0.717) is 12.8 Å². The molecule has 0 spiro atoms. The monoisotopic (exact) mass is 387 g/mol. The van der Waals surface area contributed by atoms with Gasteiger partial charge in [-0.05, 0) is 30.5 Å². The molecule has 0 aliphatic heterocycles. The first kappa shape index (κ1) is 18.2. The zero-order chi connectivity index (χ0) is 19.9. The Kier molecular flexibility index (Phi) is 4.41. The van der Waals surface area contributed by atoms with E-state index >= 15 is 0 Å². The second-order valence-electron chi connectivity index (χ2n) is 6.78. The molecule has 0 atom stereocenters. The van der Waals surface area contributed by atoms with E-state index in [1.54, 1.807) is 24.3 Å². The van der Waals surface area contributed by atoms with E-state index in [1.165, 1.54) is 12.1 Å². The van der Waals surface area contributed by atoms with Crippen LogP contribution in [0.15, 0.2) is 53.3 Å². The van der Waals surface area contributed by atoms with E-state index in [9.17, 15) is 22.8 Å². The topological polar surface area (TPSA) is 64.0 Å². The Balaban J connectivity index is 1.78. The number of nitrogens with zero attached hydrogens (tertiary/aromatic N) is 2. The fourth-order valence-electron chi connectivity index (χ4n) is 3.12. The largest absolute Gasteiger partial charge is 0.418 e. The number of benzene rings is 2. The van der Waals surface area contributed by atoms with Crippen LogP contribution in [0.3, 0.4) is 0 Å². The molecule has 1 N–H and O–H groups in total. The summed E-state index contributed by atoms with van der Waals surface area (Å²) in [6, 6.07) is 12.3. The van der Waals surface area contributed by atoms with Gasteiger partial charge in [-0.1, -0.05) is 36.4 Å². The third-order valence-corrected chi connectivity index (χ3v) is 4.62. The lowest BCUT2D eigenvalue weighted by molar-refractivity contribution is -0.136. The summed E-state index contributed by atoms with van der Waals surface area (Å²) in [4.78, 5) is 29.5. The minimum absolute atomic E-state index is 0.0397. The number of nitrogens with one attached hydrogen (secondary N) is 1. The summed E-state index contributed by atoms with van der Waals surface area (Å²) in [5, 5.41) is -0.181. The minimum atomic E-state index is -4.62. The molecule has 4 rings (SSSR count). The zero-order valence-electron chi connectivity index (χ0n) is 14.7. The predicted octanol–water partition coefficient (Wildman–Crippen LogP) is 3.61. The summed E-state index contributed by atoms with van der Waals surface area (Å²) in [7, 11) is 0. The Morgan fingerprint density at radius 3 is 2.46 bits per heavy atom. The van der Waals surface area contributed by atoms with Crippen LogP contribution in [-0.4, -0.2) is 15.6 Å². The third kappa shape index (κ3) is 3.49. The van der Waals surface area contributed by atoms with Crippen LogP contribution in [0, 0.1) is 0 Å². The van der Waals surface area contributed by atoms with Gasteiger partial charge in [0.1, 0.15) is 5.82 Å². The highest BCUT2D eigenvalue weighted by Crippen LogP contribution is 2.40. The van der Waals surface area contributed by atoms with Crippen molar-refractivity contribution in [2.75, 3.05) is 5.43 Å². The van der Waals surface area contributed by atoms with Crippen molar-refractivity contribution >= 4 is 16.8 Å². The molecule has 1 saturated carbocycles. The van der Waals surface area contributed by atoms with Crippen LogP contribution in [0.1, 0.15) is 35.7 Å². The van der Waals surface area contributed by atoms with E-state index in [-0.39, 0.29) is 29.1 Å². The number of aromatic nitrogens is 2. The second-order valence-corrected chi connectivity index (χ2v) is 6.78. The van der Waals surface area contributed by atoms with Crippen LogP contribution in [0.25, 0.3) is 10.9 Å². The summed E-state index contributed by atoms with van der Waals surface area (Å²) < 4.78 is 41.0. The number of fused-ring (bicyclic) bond motifs is 1. The fourth-order valence-corrected chi connectivity index (χ4v) is 3.12. The maximum atomic E-state index is 13.3. The van der Waals surface area contributed by atoms with Gasteiger partial charge in [0, 0.05) is 5.92 Å². The van der Waals surface area contributed by atoms with E-state index in [0.717, 1.165) is 16.3 Å². The Labute approximate surface area is 157 Å². The molecule has 0 bridgehead atoms. The maximum absolute atomic E-state index is 13.3. The summed E-state index contributed by atoms with van der Waals surface area (Å²) in [5.74, 6) is -0.422. The number of para-hydroxylation sites is 1. The molecule has 0 radical (unpaired) electrons. The number of carbonyl (C=O) groups is 1. The minimum Gasteiger partial charge on any atom is -0.273 e. The Hall–Kier alpha value is -3.16. The van der Waals surface area contributed by atoms with Gasteiger partial charge >= 0.3 is 6.18 Å². The smallest absolute Gasteiger partial charge is 0.273 e. The summed E-state index contributed by atoms with van der Waals surface area (Å²) in [6.07, 6.45) is -3.16. The molecule has 1 aliphatic rings. The highest BCUT2D eigenvalue weighted by molar-refractivity contribution is 5.87. The fraction of sp³-hybridized carbons (Fsp3) is 0.250. The summed E-state index contributed by atoms with van der Waals surface area (Å²) in [6.45, 7) is 0. The molecule has 3 aromatic rings. The van der Waals surface area contributed by atoms with E-state index < -0.39 is 23.2 Å². The van der Waals surface area contributed by atoms with Crippen molar-refractivity contribution < 1.29 is 18.0 Å². The average molecular weight is 387 g/mol. The molecule has 1 fully saturated rings. The van der Waals surface area contributed by atoms with Gasteiger partial charge < -0.3 is 0 Å². The normalized spacial score (nSPS) is 14.2. The molecular weight excluding hydrogens is 371 g/mol. The highest BCUT2D eigenvalue weighted by Gasteiger charge is 2.36. The van der Waals surface area contributed by atoms with Crippen molar-refractivity contribution in [1.29, 1.82) is 0 Å². The number of alkyl halides is 3. The first-order valence-corrected chi connectivity index (χ1v) is 8.81. The van der Waals surface area contributed by atoms with Crippen LogP contribution < -0.4 is 11.0 Å². The lowest BCUT2D eigenvalue weighted by Gasteiger charge is -2.16. The Morgan fingerprint density at radius 2 is 1.82 bits per heavy atom. The quantitative estimate of drug-likeness (QED) is 0.744. The average Bonchev–Trinajstić information content (AvgIpc) is 3.48.